The molecule has 1 aliphatic heterocycles. The highest BCUT2D eigenvalue weighted by Crippen LogP contribution is 2.17. The summed E-state index contributed by atoms with van der Waals surface area (Å²) in [5.41, 5.74) is 0. The van der Waals surface area contributed by atoms with Gasteiger partial charge in [-0.05, 0) is 26.7 Å². The first-order valence-corrected chi connectivity index (χ1v) is 9.21. The molecule has 0 spiro atoms. The summed E-state index contributed by atoms with van der Waals surface area (Å²) in [6.07, 6.45) is 2.85. The zero-order valence-electron chi connectivity index (χ0n) is 10.9. The third-order valence-corrected chi connectivity index (χ3v) is 4.94. The second-order valence-electron chi connectivity index (χ2n) is 4.04. The molecule has 1 aliphatic rings. The van der Waals surface area contributed by atoms with E-state index in [1.807, 2.05) is 0 Å². The van der Waals surface area contributed by atoms with Crippen LogP contribution in [0.25, 0.3) is 0 Å². The van der Waals surface area contributed by atoms with E-state index in [-0.39, 0.29) is 11.5 Å². The first-order chi connectivity index (χ1) is 8.78. The van der Waals surface area contributed by atoms with E-state index in [1.54, 1.807) is 0 Å². The summed E-state index contributed by atoms with van der Waals surface area (Å²) in [5, 5.41) is 0. The zero-order chi connectivity index (χ0) is 14.5. The lowest BCUT2D eigenvalue weighted by molar-refractivity contribution is 0.129. The molecule has 9 heteroatoms. The summed E-state index contributed by atoms with van der Waals surface area (Å²) < 4.78 is 57.1. The lowest BCUT2D eigenvalue weighted by atomic mass is 10.2. The molecule has 2 atom stereocenters. The SMILES string of the molecule is CCS(=O)(=O)/N=C/[C@@H]1CC[C@H](/C=N/S(=O)(=O)CC)O1. The molecular formula is C10H18N2O5S2. The van der Waals surface area contributed by atoms with Crippen LogP contribution in [-0.4, -0.2) is 53.0 Å². The van der Waals surface area contributed by atoms with Gasteiger partial charge in [0.1, 0.15) is 0 Å². The standard InChI is InChI=1S/C10H18N2O5S2/c1-3-18(13,14)11-7-9-5-6-10(17-9)8-12-19(15,16)4-2/h7-10H,3-6H2,1-2H3/b11-7+,12-8+/t9-,10+. The molecule has 0 aromatic carbocycles. The van der Waals surface area contributed by atoms with Crippen LogP contribution in [0.4, 0.5) is 0 Å². The normalized spacial score (nSPS) is 25.6. The van der Waals surface area contributed by atoms with Gasteiger partial charge in [0, 0.05) is 12.4 Å². The largest absolute Gasteiger partial charge is 0.364 e. The highest BCUT2D eigenvalue weighted by molar-refractivity contribution is 7.90. The molecule has 0 unspecified atom stereocenters. The molecule has 0 amide bonds. The third kappa shape index (κ3) is 5.79. The quantitative estimate of drug-likeness (QED) is 0.660. The minimum absolute atomic E-state index is 0.0597. The van der Waals surface area contributed by atoms with Crippen LogP contribution in [0.1, 0.15) is 26.7 Å². The van der Waals surface area contributed by atoms with E-state index in [0.29, 0.717) is 12.8 Å². The van der Waals surface area contributed by atoms with Crippen LogP contribution in [0.2, 0.25) is 0 Å². The monoisotopic (exact) mass is 310 g/mol. The fourth-order valence-corrected chi connectivity index (χ4v) is 2.32. The molecule has 0 saturated carbocycles. The summed E-state index contributed by atoms with van der Waals surface area (Å²) in [4.78, 5) is 0. The number of hydrogen-bond acceptors (Lipinski definition) is 5. The van der Waals surface area contributed by atoms with Gasteiger partial charge < -0.3 is 4.74 Å². The topological polar surface area (TPSA) is 102 Å². The summed E-state index contributed by atoms with van der Waals surface area (Å²) in [6, 6.07) is 0. The number of rotatable bonds is 6. The Morgan fingerprint density at radius 3 is 1.63 bits per heavy atom. The maximum Gasteiger partial charge on any atom is 0.252 e. The van der Waals surface area contributed by atoms with Gasteiger partial charge in [0.2, 0.25) is 0 Å². The molecular weight excluding hydrogens is 292 g/mol. The molecule has 0 aromatic rings. The van der Waals surface area contributed by atoms with Crippen molar-refractivity contribution in [2.75, 3.05) is 11.5 Å². The molecule has 0 aliphatic carbocycles. The van der Waals surface area contributed by atoms with Crippen molar-refractivity contribution in [1.82, 2.24) is 0 Å². The zero-order valence-corrected chi connectivity index (χ0v) is 12.5. The smallest absolute Gasteiger partial charge is 0.252 e. The first kappa shape index (κ1) is 16.3. The van der Waals surface area contributed by atoms with Crippen LogP contribution >= 0.6 is 0 Å². The van der Waals surface area contributed by atoms with Crippen LogP contribution in [0, 0.1) is 0 Å². The van der Waals surface area contributed by atoms with E-state index >= 15 is 0 Å². The van der Waals surface area contributed by atoms with Gasteiger partial charge in [0.05, 0.1) is 23.7 Å². The fourth-order valence-electron chi connectivity index (χ4n) is 1.38. The maximum absolute atomic E-state index is 11.2. The fraction of sp³-hybridized carbons (Fsp3) is 0.800. The molecule has 19 heavy (non-hydrogen) atoms. The number of sulfonamides is 2. The molecule has 0 aromatic heterocycles. The Kier molecular flexibility index (Phi) is 5.63. The average molecular weight is 310 g/mol. The van der Waals surface area contributed by atoms with Gasteiger partial charge in [0.15, 0.2) is 0 Å². The summed E-state index contributed by atoms with van der Waals surface area (Å²) in [6.45, 7) is 3.01. The summed E-state index contributed by atoms with van der Waals surface area (Å²) in [5.74, 6) is -0.119. The van der Waals surface area contributed by atoms with Gasteiger partial charge in [-0.2, -0.15) is 8.80 Å². The minimum Gasteiger partial charge on any atom is -0.364 e. The molecule has 1 saturated heterocycles. The molecule has 7 nitrogen and oxygen atoms in total. The Morgan fingerprint density at radius 2 is 1.32 bits per heavy atom. The first-order valence-electron chi connectivity index (χ1n) is 5.99. The van der Waals surface area contributed by atoms with E-state index in [1.165, 1.54) is 26.3 Å². The highest BCUT2D eigenvalue weighted by atomic mass is 32.2. The highest BCUT2D eigenvalue weighted by Gasteiger charge is 2.23. The predicted molar refractivity (Wildman–Crippen MR) is 73.8 cm³/mol. The van der Waals surface area contributed by atoms with Crippen LogP contribution in [-0.2, 0) is 24.8 Å². The van der Waals surface area contributed by atoms with Crippen molar-refractivity contribution >= 4 is 32.5 Å². The van der Waals surface area contributed by atoms with E-state index in [0.717, 1.165) is 0 Å². The second-order valence-corrected chi connectivity index (χ2v) is 7.94. The third-order valence-electron chi connectivity index (χ3n) is 2.59. The summed E-state index contributed by atoms with van der Waals surface area (Å²) in [7, 11) is -6.81. The van der Waals surface area contributed by atoms with Crippen molar-refractivity contribution in [2.45, 2.75) is 38.9 Å². The van der Waals surface area contributed by atoms with Crippen LogP contribution in [0.5, 0.6) is 0 Å². The molecule has 110 valence electrons. The van der Waals surface area contributed by atoms with Gasteiger partial charge in [-0.3, -0.25) is 0 Å². The van der Waals surface area contributed by atoms with E-state index in [9.17, 15) is 16.8 Å². The number of ether oxygens (including phenoxy) is 1. The van der Waals surface area contributed by atoms with Gasteiger partial charge in [-0.15, -0.1) is 0 Å². The molecule has 0 bridgehead atoms. The lowest BCUT2D eigenvalue weighted by Gasteiger charge is -2.05. The van der Waals surface area contributed by atoms with E-state index in [4.69, 9.17) is 4.74 Å². The van der Waals surface area contributed by atoms with Crippen LogP contribution in [0.15, 0.2) is 8.80 Å². The van der Waals surface area contributed by atoms with Crippen LogP contribution < -0.4 is 0 Å². The molecule has 0 N–H and O–H groups in total. The van der Waals surface area contributed by atoms with Gasteiger partial charge in [-0.1, -0.05) is 0 Å². The minimum atomic E-state index is -3.40. The van der Waals surface area contributed by atoms with E-state index < -0.39 is 32.3 Å². The Labute approximate surface area is 113 Å². The molecule has 1 rings (SSSR count). The van der Waals surface area contributed by atoms with Crippen molar-refractivity contribution in [3.63, 3.8) is 0 Å². The lowest BCUT2D eigenvalue weighted by Crippen LogP contribution is -2.15. The molecule has 1 heterocycles. The van der Waals surface area contributed by atoms with Crippen molar-refractivity contribution in [1.29, 1.82) is 0 Å². The van der Waals surface area contributed by atoms with Gasteiger partial charge in [-0.25, -0.2) is 16.8 Å². The average Bonchev–Trinajstić information content (AvgIpc) is 2.82. The Hall–Kier alpha value is -0.800. The predicted octanol–water partition coefficient (Wildman–Crippen LogP) is 0.375. The maximum atomic E-state index is 11.2. The molecule has 0 radical (unpaired) electrons. The number of nitrogens with zero attached hydrogens (tertiary/aromatic N) is 2. The van der Waals surface area contributed by atoms with Crippen molar-refractivity contribution in [3.05, 3.63) is 0 Å². The Bertz CT molecular complexity index is 500. The second kappa shape index (κ2) is 6.58. The van der Waals surface area contributed by atoms with E-state index in [2.05, 4.69) is 8.80 Å². The van der Waals surface area contributed by atoms with Crippen molar-refractivity contribution in [2.24, 2.45) is 8.80 Å². The van der Waals surface area contributed by atoms with Crippen molar-refractivity contribution in [3.8, 4) is 0 Å². The Balaban J connectivity index is 2.56. The number of hydrogen-bond donors (Lipinski definition) is 0. The van der Waals surface area contributed by atoms with Crippen LogP contribution in [0.3, 0.4) is 0 Å². The Morgan fingerprint density at radius 1 is 0.947 bits per heavy atom. The van der Waals surface area contributed by atoms with Gasteiger partial charge >= 0.3 is 0 Å². The molecule has 1 fully saturated rings. The van der Waals surface area contributed by atoms with Crippen molar-refractivity contribution < 1.29 is 21.6 Å². The van der Waals surface area contributed by atoms with Gasteiger partial charge in [0.25, 0.3) is 20.0 Å². The summed E-state index contributed by atoms with van der Waals surface area (Å²) >= 11 is 0.